The molecule has 0 saturated heterocycles. The summed E-state index contributed by atoms with van der Waals surface area (Å²) in [5.74, 6) is -0.638. The fraction of sp³-hybridized carbons (Fsp3) is 0.455. The number of nitrogens with two attached hydrogens (primary N) is 1. The third kappa shape index (κ3) is 3.30. The molecule has 1 atom stereocenters. The second-order valence-electron chi connectivity index (χ2n) is 4.27. The number of nitro groups is 1. The zero-order valence-electron chi connectivity index (χ0n) is 10.1. The maximum absolute atomic E-state index is 13.2. The molecule has 0 aliphatic carbocycles. The van der Waals surface area contributed by atoms with Gasteiger partial charge in [-0.25, -0.2) is 4.39 Å². The zero-order chi connectivity index (χ0) is 13.9. The van der Waals surface area contributed by atoms with E-state index in [1.54, 1.807) is 0 Å². The molecule has 0 radical (unpaired) electrons. The normalized spacial score (nSPS) is 12.6. The first-order chi connectivity index (χ1) is 8.36. The number of rotatable bonds is 5. The lowest BCUT2D eigenvalue weighted by Gasteiger charge is -2.21. The van der Waals surface area contributed by atoms with Gasteiger partial charge in [-0.05, 0) is 12.0 Å². The minimum Gasteiger partial charge on any atom is -0.375 e. The highest BCUT2D eigenvalue weighted by Crippen LogP contribution is 2.31. The van der Waals surface area contributed by atoms with Crippen molar-refractivity contribution in [1.29, 1.82) is 0 Å². The molecule has 18 heavy (non-hydrogen) atoms. The van der Waals surface area contributed by atoms with Gasteiger partial charge in [-0.3, -0.25) is 10.1 Å². The number of anilines is 1. The van der Waals surface area contributed by atoms with Gasteiger partial charge in [0.15, 0.2) is 0 Å². The van der Waals surface area contributed by atoms with E-state index in [4.69, 9.17) is 17.3 Å². The van der Waals surface area contributed by atoms with E-state index in [2.05, 4.69) is 5.32 Å². The van der Waals surface area contributed by atoms with E-state index in [1.807, 2.05) is 13.8 Å². The number of benzene rings is 1. The van der Waals surface area contributed by atoms with Gasteiger partial charge < -0.3 is 11.1 Å². The molecule has 0 saturated carbocycles. The summed E-state index contributed by atoms with van der Waals surface area (Å²) in [5.41, 5.74) is 5.40. The second kappa shape index (κ2) is 5.97. The lowest BCUT2D eigenvalue weighted by Crippen LogP contribution is -2.33. The number of hydrogen-bond donors (Lipinski definition) is 2. The van der Waals surface area contributed by atoms with Crippen LogP contribution in [-0.4, -0.2) is 17.5 Å². The van der Waals surface area contributed by atoms with E-state index in [0.717, 1.165) is 6.07 Å². The Morgan fingerprint density at radius 2 is 2.17 bits per heavy atom. The Kier molecular flexibility index (Phi) is 4.86. The molecular formula is C11H15ClFN3O2. The molecule has 0 spiro atoms. The molecule has 1 aromatic carbocycles. The van der Waals surface area contributed by atoms with Crippen LogP contribution >= 0.6 is 11.6 Å². The number of nitrogens with one attached hydrogen (secondary N) is 1. The topological polar surface area (TPSA) is 81.2 Å². The molecule has 3 N–H and O–H groups in total. The molecule has 0 fully saturated rings. The average Bonchev–Trinajstić information content (AvgIpc) is 2.29. The van der Waals surface area contributed by atoms with Gasteiger partial charge >= 0.3 is 0 Å². The van der Waals surface area contributed by atoms with E-state index in [9.17, 15) is 14.5 Å². The van der Waals surface area contributed by atoms with Crippen LogP contribution in [-0.2, 0) is 0 Å². The Labute approximate surface area is 109 Å². The van der Waals surface area contributed by atoms with Crippen LogP contribution in [0.3, 0.4) is 0 Å². The highest BCUT2D eigenvalue weighted by Gasteiger charge is 2.21. The van der Waals surface area contributed by atoms with Gasteiger partial charge in [0.1, 0.15) is 11.5 Å². The Morgan fingerprint density at radius 1 is 1.56 bits per heavy atom. The van der Waals surface area contributed by atoms with Gasteiger partial charge in [0.2, 0.25) is 0 Å². The second-order valence-corrected chi connectivity index (χ2v) is 4.68. The summed E-state index contributed by atoms with van der Waals surface area (Å²) >= 11 is 5.63. The van der Waals surface area contributed by atoms with Crippen LogP contribution in [0.5, 0.6) is 0 Å². The van der Waals surface area contributed by atoms with Crippen molar-refractivity contribution in [2.75, 3.05) is 11.9 Å². The molecule has 1 rings (SSSR count). The molecule has 0 bridgehead atoms. The molecular weight excluding hydrogens is 261 g/mol. The van der Waals surface area contributed by atoms with Crippen LogP contribution in [0.2, 0.25) is 5.02 Å². The molecule has 0 amide bonds. The Hall–Kier alpha value is -1.40. The van der Waals surface area contributed by atoms with E-state index < -0.39 is 10.7 Å². The molecule has 0 aliphatic heterocycles. The van der Waals surface area contributed by atoms with Crippen molar-refractivity contribution in [2.24, 2.45) is 11.7 Å². The number of hydrogen-bond acceptors (Lipinski definition) is 4. The van der Waals surface area contributed by atoms with E-state index in [1.165, 1.54) is 6.07 Å². The first-order valence-corrected chi connectivity index (χ1v) is 5.84. The first kappa shape index (κ1) is 14.7. The maximum atomic E-state index is 13.2. The smallest absolute Gasteiger partial charge is 0.295 e. The molecule has 0 aromatic heterocycles. The highest BCUT2D eigenvalue weighted by molar-refractivity contribution is 6.31. The van der Waals surface area contributed by atoms with Crippen LogP contribution < -0.4 is 11.1 Å². The van der Waals surface area contributed by atoms with Crippen molar-refractivity contribution in [1.82, 2.24) is 0 Å². The summed E-state index contributed by atoms with van der Waals surface area (Å²) in [7, 11) is 0. The van der Waals surface area contributed by atoms with E-state index >= 15 is 0 Å². The molecule has 0 aliphatic rings. The highest BCUT2D eigenvalue weighted by atomic mass is 35.5. The summed E-state index contributed by atoms with van der Waals surface area (Å²) in [6.45, 7) is 4.17. The van der Waals surface area contributed by atoms with Crippen molar-refractivity contribution in [3.8, 4) is 0 Å². The van der Waals surface area contributed by atoms with Crippen LogP contribution in [0.1, 0.15) is 13.8 Å². The maximum Gasteiger partial charge on any atom is 0.295 e. The van der Waals surface area contributed by atoms with Gasteiger partial charge in [0, 0.05) is 12.6 Å². The van der Waals surface area contributed by atoms with Crippen molar-refractivity contribution < 1.29 is 9.31 Å². The standard InChI is InChI=1S/C11H15ClFN3O2/c1-6(2)10(5-14)15-9-3-7(12)8(13)4-11(9)16(17)18/h3-4,6,10,15H,5,14H2,1-2H3. The zero-order valence-corrected chi connectivity index (χ0v) is 10.9. The van der Waals surface area contributed by atoms with Crippen molar-refractivity contribution >= 4 is 23.0 Å². The van der Waals surface area contributed by atoms with Gasteiger partial charge in [-0.15, -0.1) is 0 Å². The van der Waals surface area contributed by atoms with Crippen LogP contribution in [0.4, 0.5) is 15.8 Å². The summed E-state index contributed by atoms with van der Waals surface area (Å²) in [5, 5.41) is 13.6. The Bertz CT molecular complexity index is 454. The molecule has 0 heterocycles. The van der Waals surface area contributed by atoms with Crippen molar-refractivity contribution in [2.45, 2.75) is 19.9 Å². The lowest BCUT2D eigenvalue weighted by molar-refractivity contribution is -0.384. The van der Waals surface area contributed by atoms with E-state index in [-0.39, 0.29) is 28.4 Å². The predicted octanol–water partition coefficient (Wildman–Crippen LogP) is 2.78. The third-order valence-electron chi connectivity index (χ3n) is 2.63. The predicted molar refractivity (Wildman–Crippen MR) is 69.4 cm³/mol. The van der Waals surface area contributed by atoms with Gasteiger partial charge in [-0.1, -0.05) is 25.4 Å². The summed E-state index contributed by atoms with van der Waals surface area (Å²) < 4.78 is 13.2. The molecule has 1 unspecified atom stereocenters. The lowest BCUT2D eigenvalue weighted by atomic mass is 10.0. The fourth-order valence-corrected chi connectivity index (χ4v) is 1.66. The molecule has 7 heteroatoms. The van der Waals surface area contributed by atoms with Crippen LogP contribution in [0, 0.1) is 21.8 Å². The van der Waals surface area contributed by atoms with Gasteiger partial charge in [0.05, 0.1) is 16.0 Å². The Morgan fingerprint density at radius 3 is 2.61 bits per heavy atom. The quantitative estimate of drug-likeness (QED) is 0.639. The third-order valence-corrected chi connectivity index (χ3v) is 2.92. The minimum absolute atomic E-state index is 0.148. The molecule has 100 valence electrons. The van der Waals surface area contributed by atoms with Gasteiger partial charge in [0.25, 0.3) is 5.69 Å². The number of nitro benzene ring substituents is 1. The average molecular weight is 276 g/mol. The summed E-state index contributed by atoms with van der Waals surface area (Å²) in [6.07, 6.45) is 0. The monoisotopic (exact) mass is 275 g/mol. The van der Waals surface area contributed by atoms with Crippen LogP contribution in [0.15, 0.2) is 12.1 Å². The van der Waals surface area contributed by atoms with E-state index in [0.29, 0.717) is 6.54 Å². The molecule has 1 aromatic rings. The fourth-order valence-electron chi connectivity index (χ4n) is 1.50. The van der Waals surface area contributed by atoms with Crippen molar-refractivity contribution in [3.63, 3.8) is 0 Å². The number of nitrogens with zero attached hydrogens (tertiary/aromatic N) is 1. The van der Waals surface area contributed by atoms with Crippen molar-refractivity contribution in [3.05, 3.63) is 33.1 Å². The molecule has 5 nitrogen and oxygen atoms in total. The summed E-state index contributed by atoms with van der Waals surface area (Å²) in [4.78, 5) is 10.2. The first-order valence-electron chi connectivity index (χ1n) is 5.46. The van der Waals surface area contributed by atoms with Gasteiger partial charge in [-0.2, -0.15) is 0 Å². The summed E-state index contributed by atoms with van der Waals surface area (Å²) in [6, 6.07) is 1.86. The SMILES string of the molecule is CC(C)C(CN)Nc1cc(Cl)c(F)cc1[N+](=O)[O-]. The minimum atomic E-state index is -0.817. The Balaban J connectivity index is 3.14. The number of halogens is 2. The largest absolute Gasteiger partial charge is 0.375 e. The van der Waals surface area contributed by atoms with Crippen LogP contribution in [0.25, 0.3) is 0 Å².